The van der Waals surface area contributed by atoms with Crippen molar-refractivity contribution in [1.29, 1.82) is 0 Å². The van der Waals surface area contributed by atoms with E-state index in [9.17, 15) is 13.2 Å². The van der Waals surface area contributed by atoms with Crippen molar-refractivity contribution in [1.82, 2.24) is 10.3 Å². The van der Waals surface area contributed by atoms with Gasteiger partial charge in [0, 0.05) is 14.1 Å². The van der Waals surface area contributed by atoms with Crippen LogP contribution in [0.5, 0.6) is 0 Å². The Hall–Kier alpha value is -1.72. The topological polar surface area (TPSA) is 37.0 Å². The molecule has 1 rings (SSSR count). The molecule has 0 aromatic carbocycles. The summed E-state index contributed by atoms with van der Waals surface area (Å²) in [7, 11) is 3.08. The smallest absolute Gasteiger partial charge is 0.387 e. The summed E-state index contributed by atoms with van der Waals surface area (Å²) in [5, 5.41) is 5.24. The zero-order valence-corrected chi connectivity index (χ0v) is 10.9. The number of aromatic nitrogens is 1. The number of hydrogen-bond acceptors (Lipinski definition) is 3. The fourth-order valence-electron chi connectivity index (χ4n) is 1.10. The zero-order valence-electron chi connectivity index (χ0n) is 10.9. The van der Waals surface area contributed by atoms with Crippen LogP contribution in [0.15, 0.2) is 18.7 Å². The number of alkyl halides is 3. The minimum Gasteiger partial charge on any atom is -0.387 e. The van der Waals surface area contributed by atoms with Gasteiger partial charge in [0.25, 0.3) is 0 Å². The van der Waals surface area contributed by atoms with Crippen molar-refractivity contribution < 1.29 is 13.2 Å². The van der Waals surface area contributed by atoms with Gasteiger partial charge in [-0.05, 0) is 12.1 Å². The normalized spacial score (nSPS) is 10.2. The summed E-state index contributed by atoms with van der Waals surface area (Å²) in [6, 6.07) is 1.91. The first-order valence-corrected chi connectivity index (χ1v) is 5.52. The minimum atomic E-state index is -4.39. The molecule has 2 N–H and O–H groups in total. The highest BCUT2D eigenvalue weighted by atomic mass is 19.4. The number of rotatable bonds is 3. The van der Waals surface area contributed by atoms with Crippen molar-refractivity contribution in [3.63, 3.8) is 0 Å². The third kappa shape index (κ3) is 4.27. The maximum Gasteiger partial charge on any atom is 0.416 e. The first kappa shape index (κ1) is 16.3. The molecule has 0 saturated carbocycles. The highest BCUT2D eigenvalue weighted by Crippen LogP contribution is 2.31. The second-order valence-electron chi connectivity index (χ2n) is 3.10. The number of pyridine rings is 1. The molecule has 3 nitrogen and oxygen atoms in total. The molecule has 1 heterocycles. The monoisotopic (exact) mass is 261 g/mol. The molecule has 1 aromatic heterocycles. The van der Waals surface area contributed by atoms with Crippen molar-refractivity contribution in [2.75, 3.05) is 19.4 Å². The van der Waals surface area contributed by atoms with Gasteiger partial charge < -0.3 is 10.6 Å². The minimum absolute atomic E-state index is 0.154. The summed E-state index contributed by atoms with van der Waals surface area (Å²) in [6.45, 7) is 7.57. The van der Waals surface area contributed by atoms with Gasteiger partial charge in [0.2, 0.25) is 0 Å². The number of nitrogens with zero attached hydrogens (tertiary/aromatic N) is 1. The molecular weight excluding hydrogens is 243 g/mol. The van der Waals surface area contributed by atoms with Crippen LogP contribution in [-0.4, -0.2) is 19.1 Å². The third-order valence-corrected chi connectivity index (χ3v) is 2.02. The summed E-state index contributed by atoms with van der Waals surface area (Å²) in [4.78, 5) is 3.96. The average molecular weight is 261 g/mol. The van der Waals surface area contributed by atoms with E-state index >= 15 is 0 Å². The van der Waals surface area contributed by atoms with E-state index in [-0.39, 0.29) is 11.5 Å². The molecule has 0 aliphatic rings. The third-order valence-electron chi connectivity index (χ3n) is 2.02. The van der Waals surface area contributed by atoms with Crippen LogP contribution in [0.1, 0.15) is 25.1 Å². The molecule has 0 radical (unpaired) electrons. The molecule has 0 unspecified atom stereocenters. The Morgan fingerprint density at radius 3 is 2.17 bits per heavy atom. The number of halogens is 3. The fraction of sp³-hybridized carbons (Fsp3) is 0.417. The Bertz CT molecular complexity index is 400. The molecule has 0 bridgehead atoms. The Labute approximate surface area is 105 Å². The van der Waals surface area contributed by atoms with Gasteiger partial charge in [0.05, 0.1) is 17.0 Å². The lowest BCUT2D eigenvalue weighted by atomic mass is 10.2. The van der Waals surface area contributed by atoms with Gasteiger partial charge in [0.15, 0.2) is 0 Å². The Morgan fingerprint density at radius 2 is 1.78 bits per heavy atom. The second kappa shape index (κ2) is 6.88. The van der Waals surface area contributed by atoms with Crippen molar-refractivity contribution in [2.45, 2.75) is 20.0 Å². The van der Waals surface area contributed by atoms with Gasteiger partial charge in [-0.25, -0.2) is 4.98 Å². The molecule has 0 spiro atoms. The van der Waals surface area contributed by atoms with Gasteiger partial charge in [-0.3, -0.25) is 0 Å². The maximum atomic E-state index is 12.5. The van der Waals surface area contributed by atoms with Crippen LogP contribution in [0.2, 0.25) is 0 Å². The summed E-state index contributed by atoms with van der Waals surface area (Å²) >= 11 is 0. The first-order chi connectivity index (χ1) is 8.38. The molecule has 1 aromatic rings. The quantitative estimate of drug-likeness (QED) is 0.876. The van der Waals surface area contributed by atoms with E-state index in [2.05, 4.69) is 22.2 Å². The van der Waals surface area contributed by atoms with Crippen LogP contribution < -0.4 is 10.6 Å². The van der Waals surface area contributed by atoms with E-state index in [1.165, 1.54) is 7.05 Å². The largest absolute Gasteiger partial charge is 0.416 e. The van der Waals surface area contributed by atoms with E-state index < -0.39 is 11.7 Å². The predicted molar refractivity (Wildman–Crippen MR) is 68.2 cm³/mol. The van der Waals surface area contributed by atoms with E-state index in [0.29, 0.717) is 5.70 Å². The maximum absolute atomic E-state index is 12.5. The summed E-state index contributed by atoms with van der Waals surface area (Å²) in [5.74, 6) is 0.154. The molecule has 6 heteroatoms. The molecule has 102 valence electrons. The highest BCUT2D eigenvalue weighted by Gasteiger charge is 2.31. The highest BCUT2D eigenvalue weighted by molar-refractivity contribution is 5.61. The van der Waals surface area contributed by atoms with E-state index in [1.54, 1.807) is 7.05 Å². The summed E-state index contributed by atoms with van der Waals surface area (Å²) < 4.78 is 37.6. The zero-order chi connectivity index (χ0) is 14.3. The lowest BCUT2D eigenvalue weighted by molar-refractivity contribution is -0.137. The Kier molecular flexibility index (Phi) is 6.22. The summed E-state index contributed by atoms with van der Waals surface area (Å²) in [6.07, 6.45) is -4.39. The average Bonchev–Trinajstić information content (AvgIpc) is 2.38. The lowest BCUT2D eigenvalue weighted by Gasteiger charge is -2.12. The number of hydrogen-bond donors (Lipinski definition) is 2. The van der Waals surface area contributed by atoms with Crippen LogP contribution in [0.3, 0.4) is 0 Å². The molecular formula is C12H18F3N3. The van der Waals surface area contributed by atoms with E-state index in [4.69, 9.17) is 0 Å². The van der Waals surface area contributed by atoms with Crippen LogP contribution >= 0.6 is 0 Å². The SMILES string of the molecule is C=C(NC)c1cc(C(F)(F)F)cc(NC)n1.CC. The van der Waals surface area contributed by atoms with Gasteiger partial charge in [-0.1, -0.05) is 20.4 Å². The van der Waals surface area contributed by atoms with E-state index in [0.717, 1.165) is 12.1 Å². The molecule has 0 amide bonds. The van der Waals surface area contributed by atoms with Gasteiger partial charge in [0.1, 0.15) is 5.82 Å². The van der Waals surface area contributed by atoms with Crippen molar-refractivity contribution >= 4 is 11.5 Å². The molecule has 0 aliphatic heterocycles. The van der Waals surface area contributed by atoms with Gasteiger partial charge in [-0.15, -0.1) is 0 Å². The molecule has 0 fully saturated rings. The van der Waals surface area contributed by atoms with Crippen molar-refractivity contribution in [3.8, 4) is 0 Å². The molecule has 18 heavy (non-hydrogen) atoms. The molecule has 0 saturated heterocycles. The van der Waals surface area contributed by atoms with Crippen molar-refractivity contribution in [3.05, 3.63) is 30.0 Å². The Balaban J connectivity index is 0.00000137. The van der Waals surface area contributed by atoms with Crippen LogP contribution in [0.4, 0.5) is 19.0 Å². The Morgan fingerprint density at radius 1 is 1.22 bits per heavy atom. The van der Waals surface area contributed by atoms with Crippen LogP contribution in [0.25, 0.3) is 5.70 Å². The van der Waals surface area contributed by atoms with E-state index in [1.807, 2.05) is 13.8 Å². The van der Waals surface area contributed by atoms with Crippen LogP contribution in [0, 0.1) is 0 Å². The molecule has 0 atom stereocenters. The number of anilines is 1. The standard InChI is InChI=1S/C10H12F3N3.C2H6/c1-6(14-2)8-4-7(10(11,12)13)5-9(15-3)16-8;1-2/h4-5,14H,1H2,2-3H3,(H,15,16);1-2H3. The predicted octanol–water partition coefficient (Wildman–Crippen LogP) is 3.36. The first-order valence-electron chi connectivity index (χ1n) is 5.52. The van der Waals surface area contributed by atoms with Gasteiger partial charge in [-0.2, -0.15) is 13.2 Å². The summed E-state index contributed by atoms with van der Waals surface area (Å²) in [5.41, 5.74) is -0.248. The second-order valence-corrected chi connectivity index (χ2v) is 3.10. The number of nitrogens with one attached hydrogen (secondary N) is 2. The fourth-order valence-corrected chi connectivity index (χ4v) is 1.10. The lowest BCUT2D eigenvalue weighted by Crippen LogP contribution is -2.11. The van der Waals surface area contributed by atoms with Gasteiger partial charge >= 0.3 is 6.18 Å². The van der Waals surface area contributed by atoms with Crippen LogP contribution in [-0.2, 0) is 6.18 Å². The molecule has 0 aliphatic carbocycles. The van der Waals surface area contributed by atoms with Crippen molar-refractivity contribution in [2.24, 2.45) is 0 Å².